The molecule has 100 valence electrons. The molecule has 0 bridgehead atoms. The Morgan fingerprint density at radius 2 is 2.22 bits per heavy atom. The van der Waals surface area contributed by atoms with Crippen molar-refractivity contribution in [1.29, 1.82) is 0 Å². The van der Waals surface area contributed by atoms with E-state index in [1.807, 2.05) is 0 Å². The van der Waals surface area contributed by atoms with Crippen molar-refractivity contribution in [2.75, 3.05) is 12.0 Å². The summed E-state index contributed by atoms with van der Waals surface area (Å²) >= 11 is 0. The third-order valence-corrected chi connectivity index (χ3v) is 2.79. The molecule has 1 aromatic heterocycles. The summed E-state index contributed by atoms with van der Waals surface area (Å²) in [5.41, 5.74) is 0.530. The Labute approximate surface area is 103 Å². The number of rotatable bonds is 6. The highest BCUT2D eigenvalue weighted by Crippen LogP contribution is 1.99. The minimum absolute atomic E-state index is 0.00480. The Kier molecular flexibility index (Phi) is 4.43. The Bertz CT molecular complexity index is 522. The van der Waals surface area contributed by atoms with Gasteiger partial charge in [0.05, 0.1) is 6.33 Å². The molecule has 1 unspecified atom stereocenters. The van der Waals surface area contributed by atoms with Gasteiger partial charge in [-0.2, -0.15) is 0 Å². The van der Waals surface area contributed by atoms with Crippen LogP contribution in [-0.2, 0) is 25.8 Å². The van der Waals surface area contributed by atoms with Crippen LogP contribution in [0.2, 0.25) is 0 Å². The zero-order chi connectivity index (χ0) is 13.8. The van der Waals surface area contributed by atoms with Crippen molar-refractivity contribution < 1.29 is 23.1 Å². The lowest BCUT2D eigenvalue weighted by Crippen LogP contribution is -2.44. The van der Waals surface area contributed by atoms with Crippen LogP contribution in [0.5, 0.6) is 0 Å². The number of carboxylic acids is 1. The highest BCUT2D eigenvalue weighted by Gasteiger charge is 2.22. The van der Waals surface area contributed by atoms with E-state index in [2.05, 4.69) is 15.3 Å². The van der Waals surface area contributed by atoms with Gasteiger partial charge in [-0.3, -0.25) is 4.79 Å². The lowest BCUT2D eigenvalue weighted by atomic mass is 10.1. The van der Waals surface area contributed by atoms with E-state index in [1.165, 1.54) is 12.5 Å². The zero-order valence-electron chi connectivity index (χ0n) is 9.58. The minimum atomic E-state index is -3.48. The van der Waals surface area contributed by atoms with Crippen molar-refractivity contribution in [1.82, 2.24) is 15.3 Å². The molecule has 1 aromatic rings. The van der Waals surface area contributed by atoms with Crippen molar-refractivity contribution in [3.05, 3.63) is 18.2 Å². The number of aromatic nitrogens is 2. The molecule has 0 saturated heterocycles. The van der Waals surface area contributed by atoms with Gasteiger partial charge in [-0.15, -0.1) is 0 Å². The number of amides is 1. The molecule has 0 spiro atoms. The smallest absolute Gasteiger partial charge is 0.326 e. The van der Waals surface area contributed by atoms with Crippen molar-refractivity contribution in [2.24, 2.45) is 0 Å². The topological polar surface area (TPSA) is 129 Å². The fourth-order valence-corrected chi connectivity index (χ4v) is 1.85. The number of nitrogens with zero attached hydrogens (tertiary/aromatic N) is 1. The predicted molar refractivity (Wildman–Crippen MR) is 61.6 cm³/mol. The molecule has 0 aliphatic rings. The van der Waals surface area contributed by atoms with E-state index in [1.54, 1.807) is 0 Å². The number of aromatic amines is 1. The third-order valence-electron chi connectivity index (χ3n) is 2.01. The van der Waals surface area contributed by atoms with Crippen molar-refractivity contribution in [3.8, 4) is 0 Å². The average Bonchev–Trinajstić information content (AvgIpc) is 2.66. The molecule has 0 saturated carbocycles. The Balaban J connectivity index is 2.64. The Morgan fingerprint density at radius 1 is 1.56 bits per heavy atom. The number of carbonyl (C=O) groups is 2. The van der Waals surface area contributed by atoms with Gasteiger partial charge >= 0.3 is 5.97 Å². The van der Waals surface area contributed by atoms with E-state index >= 15 is 0 Å². The molecule has 1 rings (SSSR count). The summed E-state index contributed by atoms with van der Waals surface area (Å²) in [7, 11) is -3.48. The van der Waals surface area contributed by atoms with Crippen LogP contribution in [0.25, 0.3) is 0 Å². The summed E-state index contributed by atoms with van der Waals surface area (Å²) in [4.78, 5) is 28.7. The first kappa shape index (κ1) is 14.2. The number of hydrogen-bond acceptors (Lipinski definition) is 5. The molecule has 0 radical (unpaired) electrons. The summed E-state index contributed by atoms with van der Waals surface area (Å²) < 4.78 is 21.8. The summed E-state index contributed by atoms with van der Waals surface area (Å²) in [6, 6.07) is -1.19. The van der Waals surface area contributed by atoms with E-state index in [0.29, 0.717) is 5.69 Å². The minimum Gasteiger partial charge on any atom is -0.480 e. The maximum Gasteiger partial charge on any atom is 0.326 e. The highest BCUT2D eigenvalue weighted by molar-refractivity contribution is 7.91. The molecule has 3 N–H and O–H groups in total. The molecule has 8 nitrogen and oxygen atoms in total. The van der Waals surface area contributed by atoms with E-state index in [9.17, 15) is 18.0 Å². The van der Waals surface area contributed by atoms with E-state index in [-0.39, 0.29) is 6.42 Å². The largest absolute Gasteiger partial charge is 0.480 e. The normalized spacial score (nSPS) is 12.9. The SMILES string of the molecule is CS(=O)(=O)CC(=O)NC(Cc1cnc[nH]1)C(=O)O. The summed E-state index contributed by atoms with van der Waals surface area (Å²) in [6.07, 6.45) is 3.72. The molecule has 18 heavy (non-hydrogen) atoms. The standard InChI is InChI=1S/C9H13N3O5S/c1-18(16,17)4-8(13)12-7(9(14)15)2-6-3-10-5-11-6/h3,5,7H,2,4H2,1H3,(H,10,11)(H,12,13)(H,14,15). The predicted octanol–water partition coefficient (Wildman–Crippen LogP) is -1.43. The summed E-state index contributed by atoms with van der Waals surface area (Å²) in [6.45, 7) is 0. The molecule has 0 aromatic carbocycles. The highest BCUT2D eigenvalue weighted by atomic mass is 32.2. The lowest BCUT2D eigenvalue weighted by Gasteiger charge is -2.13. The molecule has 0 aliphatic heterocycles. The Morgan fingerprint density at radius 3 is 2.67 bits per heavy atom. The molecule has 0 aliphatic carbocycles. The number of carboxylic acid groups (broad SMARTS) is 1. The first-order chi connectivity index (χ1) is 8.28. The van der Waals surface area contributed by atoms with Gasteiger partial charge in [0, 0.05) is 24.6 Å². The van der Waals surface area contributed by atoms with Crippen LogP contribution in [0, 0.1) is 0 Å². The monoisotopic (exact) mass is 275 g/mol. The number of aliphatic carboxylic acids is 1. The van der Waals surface area contributed by atoms with Crippen LogP contribution in [-0.4, -0.2) is 53.4 Å². The molecule has 0 fully saturated rings. The lowest BCUT2D eigenvalue weighted by molar-refractivity contribution is -0.141. The van der Waals surface area contributed by atoms with Gasteiger partial charge in [0.2, 0.25) is 5.91 Å². The van der Waals surface area contributed by atoms with Gasteiger partial charge in [-0.1, -0.05) is 0 Å². The second kappa shape index (κ2) is 5.63. The van der Waals surface area contributed by atoms with Crippen LogP contribution in [0.3, 0.4) is 0 Å². The zero-order valence-corrected chi connectivity index (χ0v) is 10.4. The summed E-state index contributed by atoms with van der Waals surface area (Å²) in [5, 5.41) is 11.1. The third kappa shape index (κ3) is 4.95. The maximum absolute atomic E-state index is 11.3. The van der Waals surface area contributed by atoms with Crippen molar-refractivity contribution in [2.45, 2.75) is 12.5 Å². The van der Waals surface area contributed by atoms with Gasteiger partial charge in [0.15, 0.2) is 9.84 Å². The van der Waals surface area contributed by atoms with Crippen LogP contribution in [0.15, 0.2) is 12.5 Å². The number of carbonyl (C=O) groups excluding carboxylic acids is 1. The van der Waals surface area contributed by atoms with Crippen molar-refractivity contribution in [3.63, 3.8) is 0 Å². The number of hydrogen-bond donors (Lipinski definition) is 3. The molecular weight excluding hydrogens is 262 g/mol. The molecular formula is C9H13N3O5S. The van der Waals surface area contributed by atoms with Crippen LogP contribution < -0.4 is 5.32 Å². The molecule has 1 amide bonds. The van der Waals surface area contributed by atoms with Gasteiger partial charge in [-0.25, -0.2) is 18.2 Å². The molecule has 9 heteroatoms. The first-order valence-electron chi connectivity index (χ1n) is 4.95. The molecule has 1 heterocycles. The van der Waals surface area contributed by atoms with E-state index in [0.717, 1.165) is 6.26 Å². The second-order valence-corrected chi connectivity index (χ2v) is 5.95. The van der Waals surface area contributed by atoms with Gasteiger partial charge < -0.3 is 15.4 Å². The van der Waals surface area contributed by atoms with Crippen LogP contribution >= 0.6 is 0 Å². The fourth-order valence-electron chi connectivity index (χ4n) is 1.29. The number of sulfone groups is 1. The average molecular weight is 275 g/mol. The van der Waals surface area contributed by atoms with Gasteiger partial charge in [0.1, 0.15) is 11.8 Å². The van der Waals surface area contributed by atoms with Crippen molar-refractivity contribution >= 4 is 21.7 Å². The number of imidazole rings is 1. The van der Waals surface area contributed by atoms with E-state index in [4.69, 9.17) is 5.11 Å². The molecule has 1 atom stereocenters. The van der Waals surface area contributed by atoms with E-state index < -0.39 is 33.5 Å². The quantitative estimate of drug-likeness (QED) is 0.583. The second-order valence-electron chi connectivity index (χ2n) is 3.81. The first-order valence-corrected chi connectivity index (χ1v) is 7.01. The van der Waals surface area contributed by atoms with Crippen LogP contribution in [0.1, 0.15) is 5.69 Å². The fraction of sp³-hybridized carbons (Fsp3) is 0.444. The Hall–Kier alpha value is -1.90. The maximum atomic E-state index is 11.3. The van der Waals surface area contributed by atoms with Gasteiger partial charge in [0.25, 0.3) is 0 Å². The number of H-pyrrole nitrogens is 1. The number of nitrogens with one attached hydrogen (secondary N) is 2. The summed E-state index contributed by atoms with van der Waals surface area (Å²) in [5.74, 6) is -2.82. The van der Waals surface area contributed by atoms with Gasteiger partial charge in [-0.05, 0) is 0 Å². The van der Waals surface area contributed by atoms with Crippen LogP contribution in [0.4, 0.5) is 0 Å².